The lowest BCUT2D eigenvalue weighted by atomic mass is 10.1. The van der Waals surface area contributed by atoms with Crippen molar-refractivity contribution in [2.75, 3.05) is 24.4 Å². The molecular formula is C27H22ClN7O11S3. The van der Waals surface area contributed by atoms with E-state index in [0.29, 0.717) is 5.69 Å². The number of hydrogen-bond acceptors (Lipinski definition) is 15. The monoisotopic (exact) mass is 751 g/mol. The van der Waals surface area contributed by atoms with Crippen molar-refractivity contribution in [2.24, 2.45) is 10.2 Å². The third-order valence-corrected chi connectivity index (χ3v) is 9.46. The first-order valence-electron chi connectivity index (χ1n) is 13.2. The summed E-state index contributed by atoms with van der Waals surface area (Å²) in [5.74, 6) is -0.833. The number of nitrogens with zero attached hydrogens (tertiary/aromatic N) is 6. The normalized spacial score (nSPS) is 12.4. The van der Waals surface area contributed by atoms with Gasteiger partial charge in [0.25, 0.3) is 30.4 Å². The van der Waals surface area contributed by atoms with Crippen molar-refractivity contribution in [1.29, 1.82) is 0 Å². The highest BCUT2D eigenvalue weighted by atomic mass is 35.5. The fourth-order valence-corrected chi connectivity index (χ4v) is 6.36. The minimum atomic E-state index is -5.07. The molecule has 0 unspecified atom stereocenters. The van der Waals surface area contributed by atoms with Gasteiger partial charge in [-0.1, -0.05) is 6.07 Å². The number of aromatic nitrogens is 3. The summed E-state index contributed by atoms with van der Waals surface area (Å²) in [6, 6.07) is 13.8. The summed E-state index contributed by atoms with van der Waals surface area (Å²) in [5.41, 5.74) is -0.650. The lowest BCUT2D eigenvalue weighted by Gasteiger charge is -2.19. The summed E-state index contributed by atoms with van der Waals surface area (Å²) >= 11 is 6.11. The van der Waals surface area contributed by atoms with Crippen LogP contribution < -0.4 is 15.0 Å². The first-order chi connectivity index (χ1) is 22.8. The third kappa shape index (κ3) is 7.83. The van der Waals surface area contributed by atoms with Crippen molar-refractivity contribution in [3.05, 3.63) is 72.0 Å². The van der Waals surface area contributed by atoms with Crippen molar-refractivity contribution in [3.8, 4) is 11.5 Å². The summed E-state index contributed by atoms with van der Waals surface area (Å²) in [7, 11) is -11.6. The molecule has 0 aliphatic rings. The van der Waals surface area contributed by atoms with Crippen LogP contribution in [0.25, 0.3) is 10.8 Å². The first kappa shape index (κ1) is 35.3. The molecule has 0 fully saturated rings. The second-order valence-corrected chi connectivity index (χ2v) is 14.4. The van der Waals surface area contributed by atoms with Crippen molar-refractivity contribution < 1.29 is 48.8 Å². The average molecular weight is 752 g/mol. The number of phenolic OH excluding ortho intramolecular Hbond substituents is 1. The van der Waals surface area contributed by atoms with Gasteiger partial charge in [0.05, 0.1) is 12.0 Å². The molecule has 0 saturated carbocycles. The molecule has 49 heavy (non-hydrogen) atoms. The maximum Gasteiger partial charge on any atom is 0.296 e. The molecule has 0 amide bonds. The van der Waals surface area contributed by atoms with Gasteiger partial charge < -0.3 is 20.1 Å². The van der Waals surface area contributed by atoms with Crippen molar-refractivity contribution in [1.82, 2.24) is 15.0 Å². The van der Waals surface area contributed by atoms with E-state index in [4.69, 9.17) is 16.3 Å². The molecule has 0 spiro atoms. The molecule has 18 nitrogen and oxygen atoms in total. The Morgan fingerprint density at radius 2 is 1.53 bits per heavy atom. The number of phenols is 1. The van der Waals surface area contributed by atoms with E-state index in [1.807, 2.05) is 0 Å². The highest BCUT2D eigenvalue weighted by Crippen LogP contribution is 2.43. The van der Waals surface area contributed by atoms with E-state index in [9.17, 15) is 44.0 Å². The number of fused-ring (bicyclic) bond motifs is 1. The van der Waals surface area contributed by atoms with E-state index in [2.05, 4.69) is 30.5 Å². The molecule has 0 bridgehead atoms. The molecular weight excluding hydrogens is 730 g/mol. The number of azo groups is 1. The topological polar surface area (TPSA) is 271 Å². The van der Waals surface area contributed by atoms with E-state index >= 15 is 0 Å². The van der Waals surface area contributed by atoms with Crippen molar-refractivity contribution in [2.45, 2.75) is 14.7 Å². The summed E-state index contributed by atoms with van der Waals surface area (Å²) in [4.78, 5) is 11.7. The van der Waals surface area contributed by atoms with E-state index < -0.39 is 57.3 Å². The Labute approximate surface area is 283 Å². The fraction of sp³-hybridized carbons (Fsp3) is 0.0741. The Balaban J connectivity index is 1.54. The SMILES string of the molecule is COc1ccc(N=Nc2c(S(=O)(=O)O)cc3cc(N(C)c4nc(Cl)nc(Nc5cccc(S(=O)(=O)O)c5)n4)ccc3c2O)c(S(=O)(=O)O)c1. The Morgan fingerprint density at radius 1 is 0.816 bits per heavy atom. The van der Waals surface area contributed by atoms with Gasteiger partial charge in [-0.15, -0.1) is 10.2 Å². The van der Waals surface area contributed by atoms with Gasteiger partial charge in [-0.2, -0.15) is 40.2 Å². The van der Waals surface area contributed by atoms with Crippen LogP contribution in [0.1, 0.15) is 0 Å². The Kier molecular flexibility index (Phi) is 9.44. The Morgan fingerprint density at radius 3 is 2.18 bits per heavy atom. The zero-order valence-corrected chi connectivity index (χ0v) is 28.0. The zero-order chi connectivity index (χ0) is 35.9. The zero-order valence-electron chi connectivity index (χ0n) is 24.8. The predicted octanol–water partition coefficient (Wildman–Crippen LogP) is 5.06. The summed E-state index contributed by atoms with van der Waals surface area (Å²) in [6.07, 6.45) is 0. The van der Waals surface area contributed by atoms with Gasteiger partial charge in [0, 0.05) is 29.9 Å². The smallest absolute Gasteiger partial charge is 0.296 e. The van der Waals surface area contributed by atoms with Gasteiger partial charge in [-0.3, -0.25) is 13.7 Å². The largest absolute Gasteiger partial charge is 0.505 e. The van der Waals surface area contributed by atoms with E-state index in [1.54, 1.807) is 0 Å². The molecule has 22 heteroatoms. The number of aromatic hydroxyl groups is 1. The van der Waals surface area contributed by atoms with E-state index in [0.717, 1.165) is 24.3 Å². The second-order valence-electron chi connectivity index (χ2n) is 9.88. The minimum absolute atomic E-state index is 0.0356. The van der Waals surface area contributed by atoms with Gasteiger partial charge in [0.1, 0.15) is 26.9 Å². The number of nitrogens with one attached hydrogen (secondary N) is 1. The molecule has 4 aromatic carbocycles. The molecule has 1 aromatic heterocycles. The predicted molar refractivity (Wildman–Crippen MR) is 175 cm³/mol. The van der Waals surface area contributed by atoms with Crippen LogP contribution in [0.2, 0.25) is 5.28 Å². The van der Waals surface area contributed by atoms with E-state index in [-0.39, 0.29) is 44.3 Å². The summed E-state index contributed by atoms with van der Waals surface area (Å²) in [6.45, 7) is 0. The van der Waals surface area contributed by atoms with Crippen LogP contribution >= 0.6 is 11.6 Å². The average Bonchev–Trinajstić information content (AvgIpc) is 3.02. The van der Waals surface area contributed by atoms with Gasteiger partial charge in [-0.05, 0) is 71.6 Å². The van der Waals surface area contributed by atoms with Gasteiger partial charge in [-0.25, -0.2) is 0 Å². The van der Waals surface area contributed by atoms with Crippen LogP contribution in [-0.2, 0) is 30.4 Å². The highest BCUT2D eigenvalue weighted by Gasteiger charge is 2.24. The number of benzene rings is 4. The molecule has 5 N–H and O–H groups in total. The van der Waals surface area contributed by atoms with Gasteiger partial charge in [0.2, 0.25) is 17.2 Å². The maximum atomic E-state index is 12.4. The van der Waals surface area contributed by atoms with Crippen LogP contribution in [0.15, 0.2) is 91.6 Å². The van der Waals surface area contributed by atoms with Gasteiger partial charge >= 0.3 is 0 Å². The lowest BCUT2D eigenvalue weighted by Crippen LogP contribution is -2.15. The molecule has 1 heterocycles. The fourth-order valence-electron chi connectivity index (χ4n) is 4.38. The number of methoxy groups -OCH3 is 1. The number of anilines is 4. The van der Waals surface area contributed by atoms with Crippen LogP contribution in [0.4, 0.5) is 34.6 Å². The quantitative estimate of drug-likeness (QED) is 0.0921. The first-order valence-corrected chi connectivity index (χ1v) is 17.9. The highest BCUT2D eigenvalue weighted by molar-refractivity contribution is 7.86. The minimum Gasteiger partial charge on any atom is -0.505 e. The molecule has 0 saturated heterocycles. The second kappa shape index (κ2) is 13.1. The van der Waals surface area contributed by atoms with Crippen molar-refractivity contribution in [3.63, 3.8) is 0 Å². The third-order valence-electron chi connectivity index (χ3n) is 6.69. The molecule has 0 radical (unpaired) electrons. The number of rotatable bonds is 10. The number of halogens is 1. The Bertz CT molecular complexity index is 2500. The number of ether oxygens (including phenoxy) is 1. The van der Waals surface area contributed by atoms with Crippen molar-refractivity contribution >= 4 is 87.4 Å². The molecule has 256 valence electrons. The maximum absolute atomic E-state index is 12.4. The summed E-state index contributed by atoms with van der Waals surface area (Å²) < 4.78 is 106. The summed E-state index contributed by atoms with van der Waals surface area (Å²) in [5, 5.41) is 21.1. The van der Waals surface area contributed by atoms with Gasteiger partial charge in [0.15, 0.2) is 5.75 Å². The molecule has 0 aliphatic heterocycles. The molecule has 5 rings (SSSR count). The van der Waals surface area contributed by atoms with Crippen LogP contribution in [0.5, 0.6) is 11.5 Å². The standard InChI is InChI=1S/C27H22ClN7O11S3/c1-35(27-31-25(28)30-26(32-27)29-15-4-3-5-18(12-15)47(37,38)39)16-6-8-19-14(10-16)11-22(49(43,44)45)23(24(19)36)34-33-20-9-7-17(46-2)13-21(20)48(40,41)42/h3-13,36H,1-2H3,(H,37,38,39)(H,40,41,42)(H,43,44,45)(H,29,30,31,32). The van der Waals surface area contributed by atoms with E-state index in [1.165, 1.54) is 61.5 Å². The number of hydrogen-bond donors (Lipinski definition) is 5. The van der Waals surface area contributed by atoms with Crippen LogP contribution in [0.3, 0.4) is 0 Å². The van der Waals surface area contributed by atoms with Crippen LogP contribution in [-0.4, -0.2) is 73.1 Å². The molecule has 5 aromatic rings. The van der Waals surface area contributed by atoms with Crippen LogP contribution in [0, 0.1) is 0 Å². The Hall–Kier alpha value is -5.03. The lowest BCUT2D eigenvalue weighted by molar-refractivity contribution is 0.412. The molecule has 0 aliphatic carbocycles. The molecule has 0 atom stereocenters.